The van der Waals surface area contributed by atoms with Crippen molar-refractivity contribution in [2.24, 2.45) is 0 Å². The summed E-state index contributed by atoms with van der Waals surface area (Å²) in [6.45, 7) is 6.25. The molecule has 0 saturated heterocycles. The van der Waals surface area contributed by atoms with E-state index in [-0.39, 0.29) is 21.7 Å². The van der Waals surface area contributed by atoms with E-state index in [1.54, 1.807) is 28.2 Å². The van der Waals surface area contributed by atoms with Crippen LogP contribution in [0.4, 0.5) is 0 Å². The molecule has 0 spiro atoms. The summed E-state index contributed by atoms with van der Waals surface area (Å²) >= 11 is 0. The van der Waals surface area contributed by atoms with E-state index >= 15 is 0 Å². The van der Waals surface area contributed by atoms with Gasteiger partial charge in [0, 0.05) is 0 Å². The van der Waals surface area contributed by atoms with Crippen molar-refractivity contribution in [2.75, 3.05) is 28.2 Å². The average molecular weight is 493 g/mol. The van der Waals surface area contributed by atoms with E-state index in [4.69, 9.17) is 0 Å². The van der Waals surface area contributed by atoms with E-state index in [1.807, 2.05) is 24.3 Å². The number of rotatable bonds is 5. The van der Waals surface area contributed by atoms with Crippen LogP contribution in [0, 0.1) is 12.0 Å². The maximum Gasteiger partial charge on any atom is 4.00 e. The molecule has 0 aromatic heterocycles. The van der Waals surface area contributed by atoms with Gasteiger partial charge in [-0.15, -0.1) is 6.42 Å². The third kappa shape index (κ3) is 32.2. The smallest absolute Gasteiger partial charge is 0.668 e. The first-order valence-electron chi connectivity index (χ1n) is 11.4. The number of allylic oxidation sites excluding steroid dienone is 8. The van der Waals surface area contributed by atoms with Crippen molar-refractivity contribution >= 4 is 0 Å². The minimum atomic E-state index is 0. The predicted octanol–water partition coefficient (Wildman–Crippen LogP) is 8.75. The van der Waals surface area contributed by atoms with Gasteiger partial charge in [-0.1, -0.05) is 85.0 Å². The molecular formula is C31H44N2Ti. The van der Waals surface area contributed by atoms with E-state index in [2.05, 4.69) is 116 Å². The molecule has 0 heterocycles. The van der Waals surface area contributed by atoms with Crippen LogP contribution in [-0.2, 0) is 34.6 Å². The molecule has 0 amide bonds. The molecule has 0 atom stereocenters. The van der Waals surface area contributed by atoms with Crippen molar-refractivity contribution in [1.29, 1.82) is 0 Å². The van der Waals surface area contributed by atoms with E-state index in [9.17, 15) is 0 Å². The SMILES string of the molecule is C(C=CCc1ccccc1)=CCc1ccccc1.C[C-](C)C.C[N-]C.C[N-]C.[C-]1=CC=CC1.[Ti+4]. The largest absolute Gasteiger partial charge is 4.00 e. The Hall–Kier alpha value is -1.97. The van der Waals surface area contributed by atoms with Crippen LogP contribution >= 0.6 is 0 Å². The Kier molecular flexibility index (Phi) is 33.4. The topological polar surface area (TPSA) is 28.2 Å². The van der Waals surface area contributed by atoms with E-state index in [0.717, 1.165) is 19.3 Å². The van der Waals surface area contributed by atoms with Gasteiger partial charge in [0.1, 0.15) is 0 Å². The third-order valence-electron chi connectivity index (χ3n) is 3.36. The van der Waals surface area contributed by atoms with Crippen molar-refractivity contribution in [3.63, 3.8) is 0 Å². The summed E-state index contributed by atoms with van der Waals surface area (Å²) in [7, 11) is 7.00. The molecule has 0 unspecified atom stereocenters. The molecular weight excluding hydrogens is 448 g/mol. The van der Waals surface area contributed by atoms with Gasteiger partial charge in [-0.25, -0.2) is 12.2 Å². The molecule has 2 nitrogen and oxygen atoms in total. The molecule has 0 bridgehead atoms. The van der Waals surface area contributed by atoms with Crippen LogP contribution in [0.3, 0.4) is 0 Å². The minimum Gasteiger partial charge on any atom is -0.668 e. The van der Waals surface area contributed by atoms with Crippen molar-refractivity contribution in [3.05, 3.63) is 137 Å². The zero-order chi connectivity index (χ0) is 25.0. The second-order valence-electron chi connectivity index (χ2n) is 7.63. The molecule has 1 aliphatic carbocycles. The number of benzene rings is 2. The van der Waals surface area contributed by atoms with Crippen molar-refractivity contribution in [2.45, 2.75) is 40.0 Å². The van der Waals surface area contributed by atoms with E-state index < -0.39 is 0 Å². The summed E-state index contributed by atoms with van der Waals surface area (Å²) < 4.78 is 0. The average Bonchev–Trinajstić information content (AvgIpc) is 3.39. The summed E-state index contributed by atoms with van der Waals surface area (Å²) in [5, 5.41) is 7.00. The summed E-state index contributed by atoms with van der Waals surface area (Å²) in [6.07, 6.45) is 20.6. The van der Waals surface area contributed by atoms with Gasteiger partial charge in [0.2, 0.25) is 0 Å². The Balaban J connectivity index is -0.000000493. The summed E-state index contributed by atoms with van der Waals surface area (Å²) in [4.78, 5) is 0. The second-order valence-corrected chi connectivity index (χ2v) is 7.63. The Morgan fingerprint density at radius 2 is 1.09 bits per heavy atom. The Bertz CT molecular complexity index is 668. The molecule has 182 valence electrons. The Morgan fingerprint density at radius 3 is 1.32 bits per heavy atom. The summed E-state index contributed by atoms with van der Waals surface area (Å²) in [5.74, 6) is 1.42. The maximum absolute atomic E-state index is 3.50. The third-order valence-corrected chi connectivity index (χ3v) is 3.36. The fourth-order valence-corrected chi connectivity index (χ4v) is 2.13. The van der Waals surface area contributed by atoms with Crippen LogP contribution in [0.1, 0.15) is 38.3 Å². The van der Waals surface area contributed by atoms with Crippen LogP contribution in [0.5, 0.6) is 0 Å². The van der Waals surface area contributed by atoms with Gasteiger partial charge < -0.3 is 16.6 Å². The second kappa shape index (κ2) is 31.0. The van der Waals surface area contributed by atoms with Gasteiger partial charge in [-0.05, 0) is 24.0 Å². The number of hydrogen-bond donors (Lipinski definition) is 0. The molecule has 3 heteroatoms. The fraction of sp³-hybridized carbons (Fsp3) is 0.323. The molecule has 2 aromatic rings. The Morgan fingerprint density at radius 1 is 0.735 bits per heavy atom. The Labute approximate surface area is 226 Å². The predicted molar refractivity (Wildman–Crippen MR) is 151 cm³/mol. The summed E-state index contributed by atoms with van der Waals surface area (Å²) in [6, 6.07) is 21.0. The molecule has 1 aliphatic rings. The van der Waals surface area contributed by atoms with Crippen molar-refractivity contribution in [1.82, 2.24) is 0 Å². The van der Waals surface area contributed by atoms with Crippen LogP contribution in [0.25, 0.3) is 10.6 Å². The van der Waals surface area contributed by atoms with Crippen LogP contribution in [0.15, 0.2) is 103 Å². The zero-order valence-electron chi connectivity index (χ0n) is 22.3. The molecule has 0 radical (unpaired) electrons. The normalized spacial score (nSPS) is 10.7. The monoisotopic (exact) mass is 492 g/mol. The van der Waals surface area contributed by atoms with Crippen LogP contribution in [-0.4, -0.2) is 28.2 Å². The maximum atomic E-state index is 3.50. The number of hydrogen-bond acceptors (Lipinski definition) is 0. The van der Waals surface area contributed by atoms with Gasteiger partial charge in [-0.3, -0.25) is 6.08 Å². The van der Waals surface area contributed by atoms with Gasteiger partial charge >= 0.3 is 21.7 Å². The zero-order valence-corrected chi connectivity index (χ0v) is 23.9. The van der Waals surface area contributed by atoms with E-state index in [0.29, 0.717) is 0 Å². The first kappa shape index (κ1) is 36.6. The molecule has 0 fully saturated rings. The van der Waals surface area contributed by atoms with E-state index in [1.165, 1.54) is 17.0 Å². The standard InChI is InChI=1S/C18H18.C5H5.C4H9.2C2H6N.Ti/c1(5-11-17-13-7-3-8-14-17)2-6-12-18-15-9-4-10-16-18;1-2-4-5-3-1;1-4(2)3;2*1-3-2;/h1-10,13-16H,11-12H2;1-3H,4H2;1-3H3;2*1-2H3;/q;4*-1;+4. The van der Waals surface area contributed by atoms with Gasteiger partial charge in [-0.2, -0.15) is 55.0 Å². The molecule has 2 aromatic carbocycles. The van der Waals surface area contributed by atoms with Crippen molar-refractivity contribution < 1.29 is 21.7 Å². The fourth-order valence-electron chi connectivity index (χ4n) is 2.13. The first-order chi connectivity index (χ1) is 16.0. The van der Waals surface area contributed by atoms with Gasteiger partial charge in [0.25, 0.3) is 0 Å². The first-order valence-corrected chi connectivity index (χ1v) is 11.4. The van der Waals surface area contributed by atoms with Crippen LogP contribution in [0.2, 0.25) is 0 Å². The molecule has 0 N–H and O–H groups in total. The van der Waals surface area contributed by atoms with Gasteiger partial charge in [0.15, 0.2) is 0 Å². The van der Waals surface area contributed by atoms with Crippen molar-refractivity contribution in [3.8, 4) is 0 Å². The quantitative estimate of drug-likeness (QED) is 0.227. The molecule has 3 rings (SSSR count). The minimum absolute atomic E-state index is 0. The molecule has 0 aliphatic heterocycles. The van der Waals surface area contributed by atoms with Gasteiger partial charge in [0.05, 0.1) is 0 Å². The molecule has 34 heavy (non-hydrogen) atoms. The number of nitrogens with zero attached hydrogens (tertiary/aromatic N) is 2. The summed E-state index contributed by atoms with van der Waals surface area (Å²) in [5.41, 5.74) is 2.70. The van der Waals surface area contributed by atoms with Crippen LogP contribution < -0.4 is 0 Å². The molecule has 0 saturated carbocycles.